The van der Waals surface area contributed by atoms with Crippen molar-refractivity contribution in [2.75, 3.05) is 16.2 Å². The van der Waals surface area contributed by atoms with Crippen LogP contribution in [-0.2, 0) is 21.2 Å². The van der Waals surface area contributed by atoms with Gasteiger partial charge in [0.25, 0.3) is 10.0 Å². The molecule has 0 radical (unpaired) electrons. The van der Waals surface area contributed by atoms with Crippen molar-refractivity contribution >= 4 is 33.2 Å². The van der Waals surface area contributed by atoms with Crippen molar-refractivity contribution in [2.45, 2.75) is 18.2 Å². The van der Waals surface area contributed by atoms with Gasteiger partial charge >= 0.3 is 0 Å². The number of primary amides is 1. The molecule has 0 saturated carbocycles. The second-order valence-electron chi connectivity index (χ2n) is 6.80. The molecule has 0 heterocycles. The third-order valence-corrected chi connectivity index (χ3v) is 6.49. The highest BCUT2D eigenvalue weighted by atomic mass is 32.2. The molecule has 8 heteroatoms. The van der Waals surface area contributed by atoms with Crippen LogP contribution in [0, 0.1) is 0 Å². The predicted molar refractivity (Wildman–Crippen MR) is 120 cm³/mol. The van der Waals surface area contributed by atoms with Gasteiger partial charge in [0, 0.05) is 11.3 Å². The Morgan fingerprint density at radius 2 is 1.52 bits per heavy atom. The van der Waals surface area contributed by atoms with Crippen LogP contribution in [0.2, 0.25) is 0 Å². The highest BCUT2D eigenvalue weighted by Crippen LogP contribution is 2.27. The quantitative estimate of drug-likeness (QED) is 0.564. The van der Waals surface area contributed by atoms with Crippen molar-refractivity contribution in [3.8, 4) is 0 Å². The van der Waals surface area contributed by atoms with E-state index in [2.05, 4.69) is 5.32 Å². The smallest absolute Gasteiger partial charge is 0.264 e. The number of aryl methyl sites for hydroxylation is 1. The SMILES string of the molecule is CCc1ccccc1N(CC(=O)Nc1ccc(C(N)=O)cc1)S(=O)(=O)c1ccccc1. The first-order valence-corrected chi connectivity index (χ1v) is 11.1. The van der Waals surface area contributed by atoms with Gasteiger partial charge < -0.3 is 11.1 Å². The van der Waals surface area contributed by atoms with Crippen molar-refractivity contribution in [1.82, 2.24) is 0 Å². The summed E-state index contributed by atoms with van der Waals surface area (Å²) in [6.45, 7) is 1.51. The first-order chi connectivity index (χ1) is 14.8. The molecule has 0 atom stereocenters. The van der Waals surface area contributed by atoms with Gasteiger partial charge in [-0.15, -0.1) is 0 Å². The van der Waals surface area contributed by atoms with Crippen LogP contribution in [0.4, 0.5) is 11.4 Å². The Morgan fingerprint density at radius 3 is 2.13 bits per heavy atom. The summed E-state index contributed by atoms with van der Waals surface area (Å²) in [6.07, 6.45) is 0.604. The maximum atomic E-state index is 13.4. The van der Waals surface area contributed by atoms with Crippen molar-refractivity contribution in [3.05, 3.63) is 90.0 Å². The van der Waals surface area contributed by atoms with E-state index in [9.17, 15) is 18.0 Å². The second kappa shape index (κ2) is 9.44. The number of sulfonamides is 1. The summed E-state index contributed by atoms with van der Waals surface area (Å²) in [7, 11) is -3.98. The Hall–Kier alpha value is -3.65. The molecule has 0 aliphatic heterocycles. The minimum absolute atomic E-state index is 0.0968. The lowest BCUT2D eigenvalue weighted by Gasteiger charge is -2.26. The number of hydrogen-bond donors (Lipinski definition) is 2. The summed E-state index contributed by atoms with van der Waals surface area (Å²) in [5.41, 5.74) is 7.22. The molecule has 160 valence electrons. The number of amides is 2. The Bertz CT molecular complexity index is 1180. The van der Waals surface area contributed by atoms with E-state index in [0.717, 1.165) is 9.87 Å². The lowest BCUT2D eigenvalue weighted by Crippen LogP contribution is -2.38. The van der Waals surface area contributed by atoms with Crippen LogP contribution in [0.5, 0.6) is 0 Å². The average Bonchev–Trinajstić information content (AvgIpc) is 2.78. The number of carbonyl (C=O) groups excluding carboxylic acids is 2. The molecule has 0 fully saturated rings. The van der Waals surface area contributed by atoms with Crippen LogP contribution in [0.1, 0.15) is 22.8 Å². The zero-order valence-electron chi connectivity index (χ0n) is 17.0. The van der Waals surface area contributed by atoms with Crippen molar-refractivity contribution in [2.24, 2.45) is 5.73 Å². The Morgan fingerprint density at radius 1 is 0.903 bits per heavy atom. The molecule has 0 spiro atoms. The fourth-order valence-electron chi connectivity index (χ4n) is 3.12. The van der Waals surface area contributed by atoms with E-state index >= 15 is 0 Å². The molecule has 0 aromatic heterocycles. The maximum Gasteiger partial charge on any atom is 0.264 e. The van der Waals surface area contributed by atoms with Crippen LogP contribution in [0.25, 0.3) is 0 Å². The summed E-state index contributed by atoms with van der Waals surface area (Å²) >= 11 is 0. The van der Waals surface area contributed by atoms with Gasteiger partial charge in [0.15, 0.2) is 0 Å². The first kappa shape index (κ1) is 22.0. The van der Waals surface area contributed by atoms with Crippen molar-refractivity contribution < 1.29 is 18.0 Å². The van der Waals surface area contributed by atoms with E-state index in [4.69, 9.17) is 5.73 Å². The van der Waals surface area contributed by atoms with E-state index in [1.807, 2.05) is 19.1 Å². The molecule has 3 N–H and O–H groups in total. The van der Waals surface area contributed by atoms with Gasteiger partial charge in [-0.1, -0.05) is 43.3 Å². The largest absolute Gasteiger partial charge is 0.366 e. The minimum Gasteiger partial charge on any atom is -0.366 e. The molecule has 3 aromatic rings. The number of hydrogen-bond acceptors (Lipinski definition) is 4. The summed E-state index contributed by atoms with van der Waals surface area (Å²) in [4.78, 5) is 24.1. The summed E-state index contributed by atoms with van der Waals surface area (Å²) in [5.74, 6) is -1.09. The van der Waals surface area contributed by atoms with E-state index < -0.39 is 28.4 Å². The summed E-state index contributed by atoms with van der Waals surface area (Å²) < 4.78 is 27.9. The molecule has 31 heavy (non-hydrogen) atoms. The highest BCUT2D eigenvalue weighted by Gasteiger charge is 2.28. The minimum atomic E-state index is -3.98. The van der Waals surface area contributed by atoms with Crippen molar-refractivity contribution in [3.63, 3.8) is 0 Å². The second-order valence-corrected chi connectivity index (χ2v) is 8.66. The fourth-order valence-corrected chi connectivity index (χ4v) is 4.60. The number of rotatable bonds is 8. The van der Waals surface area contributed by atoms with Gasteiger partial charge in [-0.3, -0.25) is 13.9 Å². The number of anilines is 2. The molecule has 0 unspecified atom stereocenters. The van der Waals surface area contributed by atoms with Crippen LogP contribution in [-0.4, -0.2) is 26.8 Å². The lowest BCUT2D eigenvalue weighted by atomic mass is 10.1. The molecule has 0 aliphatic rings. The number of benzene rings is 3. The van der Waals surface area contributed by atoms with Crippen molar-refractivity contribution in [1.29, 1.82) is 0 Å². The number of nitrogens with two attached hydrogens (primary N) is 1. The predicted octanol–water partition coefficient (Wildman–Crippen LogP) is 3.18. The van der Waals surface area contributed by atoms with Gasteiger partial charge in [-0.2, -0.15) is 0 Å². The normalized spacial score (nSPS) is 11.0. The summed E-state index contributed by atoms with van der Waals surface area (Å²) in [6, 6.07) is 21.1. The number of nitrogens with one attached hydrogen (secondary N) is 1. The molecular formula is C23H23N3O4S. The molecular weight excluding hydrogens is 414 g/mol. The van der Waals surface area contributed by atoms with Crippen LogP contribution < -0.4 is 15.4 Å². The first-order valence-electron chi connectivity index (χ1n) is 9.68. The third kappa shape index (κ3) is 5.10. The zero-order chi connectivity index (χ0) is 22.4. The van der Waals surface area contributed by atoms with E-state index in [1.54, 1.807) is 30.3 Å². The molecule has 3 aromatic carbocycles. The van der Waals surface area contributed by atoms with E-state index in [0.29, 0.717) is 23.4 Å². The highest BCUT2D eigenvalue weighted by molar-refractivity contribution is 7.92. The van der Waals surface area contributed by atoms with Gasteiger partial charge in [0.1, 0.15) is 6.54 Å². The lowest BCUT2D eigenvalue weighted by molar-refractivity contribution is -0.114. The van der Waals surface area contributed by atoms with Gasteiger partial charge in [0.05, 0.1) is 10.6 Å². The summed E-state index contributed by atoms with van der Waals surface area (Å²) in [5, 5.41) is 2.67. The van der Waals surface area contributed by atoms with Crippen LogP contribution >= 0.6 is 0 Å². The molecule has 0 saturated heterocycles. The number of carbonyl (C=O) groups is 2. The standard InChI is InChI=1S/C23H23N3O4S/c1-2-17-8-6-7-11-21(17)26(31(29,30)20-9-4-3-5-10-20)16-22(27)25-19-14-12-18(13-15-19)23(24)28/h3-15H,2,16H2,1H3,(H2,24,28)(H,25,27). The average molecular weight is 438 g/mol. The topological polar surface area (TPSA) is 110 Å². The Kier molecular flexibility index (Phi) is 6.71. The zero-order valence-corrected chi connectivity index (χ0v) is 17.8. The number of para-hydroxylation sites is 1. The third-order valence-electron chi connectivity index (χ3n) is 4.71. The maximum absolute atomic E-state index is 13.4. The monoisotopic (exact) mass is 437 g/mol. The van der Waals surface area contributed by atoms with E-state index in [-0.39, 0.29) is 4.90 Å². The Labute approximate surface area is 181 Å². The molecule has 0 aliphatic carbocycles. The molecule has 0 bridgehead atoms. The van der Waals surface area contributed by atoms with Gasteiger partial charge in [-0.25, -0.2) is 8.42 Å². The fraction of sp³-hybridized carbons (Fsp3) is 0.130. The number of nitrogens with zero attached hydrogens (tertiary/aromatic N) is 1. The Balaban J connectivity index is 1.93. The van der Waals surface area contributed by atoms with Gasteiger partial charge in [-0.05, 0) is 54.4 Å². The van der Waals surface area contributed by atoms with E-state index in [1.165, 1.54) is 36.4 Å². The molecule has 7 nitrogen and oxygen atoms in total. The molecule has 3 rings (SSSR count). The van der Waals surface area contributed by atoms with Gasteiger partial charge in [0.2, 0.25) is 11.8 Å². The van der Waals surface area contributed by atoms with Crippen LogP contribution in [0.15, 0.2) is 83.8 Å². The molecule has 2 amide bonds. The van der Waals surface area contributed by atoms with Crippen LogP contribution in [0.3, 0.4) is 0 Å².